The van der Waals surface area contributed by atoms with Crippen LogP contribution in [0.3, 0.4) is 0 Å². The first-order valence-corrected chi connectivity index (χ1v) is 6.58. The molecule has 1 aliphatic heterocycles. The number of esters is 1. The Hall–Kier alpha value is -0.910. The lowest BCUT2D eigenvalue weighted by molar-refractivity contribution is -0.140. The number of rotatable bonds is 8. The van der Waals surface area contributed by atoms with E-state index in [4.69, 9.17) is 4.74 Å². The molecule has 1 heterocycles. The summed E-state index contributed by atoms with van der Waals surface area (Å²) < 4.78 is 5.07. The van der Waals surface area contributed by atoms with E-state index in [0.717, 1.165) is 12.8 Å². The number of carbonyl (C=O) groups is 1. The van der Waals surface area contributed by atoms with E-state index in [-0.39, 0.29) is 11.3 Å². The summed E-state index contributed by atoms with van der Waals surface area (Å²) in [5, 5.41) is 10.7. The SMILES string of the molecule is CCCCCCOC(=O)CSC1C=NN=N1. The standard InChI is InChI=1S/C10H17N3O2S/c1-2-3-4-5-6-15-10(14)8-16-9-7-11-13-12-9/h7,9H,2-6,8H2,1H3. The van der Waals surface area contributed by atoms with E-state index in [1.165, 1.54) is 24.6 Å². The quantitative estimate of drug-likeness (QED) is 0.486. The summed E-state index contributed by atoms with van der Waals surface area (Å²) in [6.07, 6.45) is 6.08. The van der Waals surface area contributed by atoms with E-state index in [0.29, 0.717) is 12.4 Å². The Kier molecular flexibility index (Phi) is 6.80. The number of hydrogen-bond donors (Lipinski definition) is 0. The lowest BCUT2D eigenvalue weighted by atomic mass is 10.2. The molecule has 0 aliphatic carbocycles. The van der Waals surface area contributed by atoms with Gasteiger partial charge in [0.25, 0.3) is 0 Å². The van der Waals surface area contributed by atoms with Gasteiger partial charge in [-0.3, -0.25) is 4.79 Å². The Morgan fingerprint density at radius 3 is 3.00 bits per heavy atom. The molecule has 1 aliphatic rings. The van der Waals surface area contributed by atoms with Crippen LogP contribution in [0.2, 0.25) is 0 Å². The van der Waals surface area contributed by atoms with Crippen LogP contribution in [-0.4, -0.2) is 29.9 Å². The molecule has 0 N–H and O–H groups in total. The number of hydrogen-bond acceptors (Lipinski definition) is 6. The molecule has 0 saturated heterocycles. The second-order valence-electron chi connectivity index (χ2n) is 3.45. The lowest BCUT2D eigenvalue weighted by Crippen LogP contribution is -2.11. The van der Waals surface area contributed by atoms with Gasteiger partial charge in [-0.1, -0.05) is 26.2 Å². The first kappa shape index (κ1) is 13.2. The summed E-state index contributed by atoms with van der Waals surface area (Å²) >= 11 is 1.38. The predicted molar refractivity (Wildman–Crippen MR) is 64.7 cm³/mol. The highest BCUT2D eigenvalue weighted by atomic mass is 32.2. The van der Waals surface area contributed by atoms with Gasteiger partial charge in [0.05, 0.1) is 18.6 Å². The van der Waals surface area contributed by atoms with Gasteiger partial charge in [0, 0.05) is 0 Å². The van der Waals surface area contributed by atoms with Crippen LogP contribution in [0.15, 0.2) is 15.4 Å². The predicted octanol–water partition coefficient (Wildman–Crippen LogP) is 2.62. The molecule has 1 rings (SSSR count). The van der Waals surface area contributed by atoms with Crippen LogP contribution < -0.4 is 0 Å². The first-order valence-electron chi connectivity index (χ1n) is 5.53. The van der Waals surface area contributed by atoms with Gasteiger partial charge in [-0.05, 0) is 11.6 Å². The Morgan fingerprint density at radius 1 is 1.44 bits per heavy atom. The van der Waals surface area contributed by atoms with Crippen molar-refractivity contribution in [3.05, 3.63) is 0 Å². The maximum absolute atomic E-state index is 11.3. The summed E-state index contributed by atoms with van der Waals surface area (Å²) in [4.78, 5) is 11.3. The molecular formula is C10H17N3O2S. The summed E-state index contributed by atoms with van der Waals surface area (Å²) in [6, 6.07) is 0. The Balaban J connectivity index is 1.94. The first-order chi connectivity index (χ1) is 7.83. The highest BCUT2D eigenvalue weighted by Gasteiger charge is 2.11. The van der Waals surface area contributed by atoms with Gasteiger partial charge < -0.3 is 4.74 Å². The largest absolute Gasteiger partial charge is 0.465 e. The van der Waals surface area contributed by atoms with Gasteiger partial charge in [0.15, 0.2) is 5.37 Å². The molecule has 5 nitrogen and oxygen atoms in total. The second kappa shape index (κ2) is 8.27. The molecular weight excluding hydrogens is 226 g/mol. The number of unbranched alkanes of at least 4 members (excludes halogenated alkanes) is 3. The lowest BCUT2D eigenvalue weighted by Gasteiger charge is -2.04. The third-order valence-corrected chi connectivity index (χ3v) is 3.00. The maximum Gasteiger partial charge on any atom is 0.315 e. The summed E-state index contributed by atoms with van der Waals surface area (Å²) in [6.45, 7) is 2.68. The van der Waals surface area contributed by atoms with E-state index in [9.17, 15) is 4.79 Å². The van der Waals surface area contributed by atoms with Crippen molar-refractivity contribution >= 4 is 23.9 Å². The van der Waals surface area contributed by atoms with Crippen molar-refractivity contribution < 1.29 is 9.53 Å². The van der Waals surface area contributed by atoms with Crippen LogP contribution in [-0.2, 0) is 9.53 Å². The van der Waals surface area contributed by atoms with Crippen molar-refractivity contribution in [3.8, 4) is 0 Å². The smallest absolute Gasteiger partial charge is 0.315 e. The molecule has 0 bridgehead atoms. The molecule has 6 heteroatoms. The minimum Gasteiger partial charge on any atom is -0.465 e. The fraction of sp³-hybridized carbons (Fsp3) is 0.800. The summed E-state index contributed by atoms with van der Waals surface area (Å²) in [5.74, 6) is 0.126. The molecule has 0 aromatic carbocycles. The highest BCUT2D eigenvalue weighted by Crippen LogP contribution is 2.14. The van der Waals surface area contributed by atoms with Crippen LogP contribution in [0.25, 0.3) is 0 Å². The zero-order valence-corrected chi connectivity index (χ0v) is 10.3. The van der Waals surface area contributed by atoms with Gasteiger partial charge in [-0.25, -0.2) is 0 Å². The number of ether oxygens (including phenoxy) is 1. The molecule has 0 aromatic heterocycles. The molecule has 0 radical (unpaired) electrons. The number of thioether (sulfide) groups is 1. The second-order valence-corrected chi connectivity index (χ2v) is 4.56. The zero-order valence-electron chi connectivity index (χ0n) is 9.46. The minimum atomic E-state index is -0.183. The van der Waals surface area contributed by atoms with Crippen LogP contribution >= 0.6 is 11.8 Å². The summed E-state index contributed by atoms with van der Waals surface area (Å²) in [7, 11) is 0. The van der Waals surface area contributed by atoms with Crippen molar-refractivity contribution in [2.45, 2.75) is 38.0 Å². The third kappa shape index (κ3) is 5.85. The fourth-order valence-electron chi connectivity index (χ4n) is 1.18. The van der Waals surface area contributed by atoms with Gasteiger partial charge >= 0.3 is 5.97 Å². The normalized spacial score (nSPS) is 17.9. The molecule has 0 spiro atoms. The Labute approximate surface area is 99.7 Å². The molecule has 0 saturated carbocycles. The van der Waals surface area contributed by atoms with Crippen LogP contribution in [0.4, 0.5) is 0 Å². The van der Waals surface area contributed by atoms with E-state index < -0.39 is 0 Å². The van der Waals surface area contributed by atoms with Crippen molar-refractivity contribution in [2.24, 2.45) is 15.4 Å². The highest BCUT2D eigenvalue weighted by molar-refractivity contribution is 8.01. The molecule has 90 valence electrons. The van der Waals surface area contributed by atoms with E-state index >= 15 is 0 Å². The van der Waals surface area contributed by atoms with Crippen molar-refractivity contribution in [1.82, 2.24) is 0 Å². The van der Waals surface area contributed by atoms with Gasteiger partial charge in [-0.15, -0.1) is 22.0 Å². The molecule has 0 amide bonds. The Bertz CT molecular complexity index is 257. The minimum absolute atomic E-state index is 0.118. The van der Waals surface area contributed by atoms with Crippen molar-refractivity contribution in [2.75, 3.05) is 12.4 Å². The zero-order chi connectivity index (χ0) is 11.6. The fourth-order valence-corrected chi connectivity index (χ4v) is 1.82. The topological polar surface area (TPSA) is 63.4 Å². The molecule has 0 fully saturated rings. The number of carbonyl (C=O) groups excluding carboxylic acids is 1. The average Bonchev–Trinajstić information content (AvgIpc) is 2.79. The third-order valence-electron chi connectivity index (χ3n) is 2.04. The monoisotopic (exact) mass is 243 g/mol. The van der Waals surface area contributed by atoms with Crippen LogP contribution in [0.1, 0.15) is 32.6 Å². The Morgan fingerprint density at radius 2 is 2.31 bits per heavy atom. The molecule has 1 atom stereocenters. The molecule has 0 aromatic rings. The van der Waals surface area contributed by atoms with Gasteiger partial charge in [0.2, 0.25) is 0 Å². The van der Waals surface area contributed by atoms with Crippen LogP contribution in [0, 0.1) is 0 Å². The van der Waals surface area contributed by atoms with E-state index in [1.807, 2.05) is 0 Å². The van der Waals surface area contributed by atoms with Crippen molar-refractivity contribution in [1.29, 1.82) is 0 Å². The van der Waals surface area contributed by atoms with E-state index in [1.54, 1.807) is 6.21 Å². The molecule has 1 unspecified atom stereocenters. The number of nitrogens with zero attached hydrogens (tertiary/aromatic N) is 3. The average molecular weight is 243 g/mol. The summed E-state index contributed by atoms with van der Waals surface area (Å²) in [5.41, 5.74) is 0. The van der Waals surface area contributed by atoms with E-state index in [2.05, 4.69) is 22.4 Å². The van der Waals surface area contributed by atoms with Gasteiger partial charge in [-0.2, -0.15) is 0 Å². The maximum atomic E-state index is 11.3. The van der Waals surface area contributed by atoms with Crippen molar-refractivity contribution in [3.63, 3.8) is 0 Å². The molecule has 16 heavy (non-hydrogen) atoms. The van der Waals surface area contributed by atoms with Crippen LogP contribution in [0.5, 0.6) is 0 Å². The van der Waals surface area contributed by atoms with Gasteiger partial charge in [0.1, 0.15) is 0 Å².